The molecule has 0 unspecified atom stereocenters. The van der Waals surface area contributed by atoms with E-state index in [0.29, 0.717) is 29.1 Å². The van der Waals surface area contributed by atoms with Crippen molar-refractivity contribution >= 4 is 22.5 Å². The van der Waals surface area contributed by atoms with Crippen LogP contribution in [0.15, 0.2) is 66.0 Å². The fraction of sp³-hybridized carbons (Fsp3) is 0.308. The monoisotopic (exact) mass is 434 g/mol. The summed E-state index contributed by atoms with van der Waals surface area (Å²) in [5, 5.41) is 3.67. The fourth-order valence-electron chi connectivity index (χ4n) is 3.66. The molecule has 6 heteroatoms. The molecule has 2 aromatic carbocycles. The Balaban J connectivity index is 2.06. The van der Waals surface area contributed by atoms with Crippen LogP contribution in [0.1, 0.15) is 43.0 Å². The van der Waals surface area contributed by atoms with Crippen LogP contribution in [0.5, 0.6) is 11.5 Å². The van der Waals surface area contributed by atoms with Crippen molar-refractivity contribution in [3.8, 4) is 11.5 Å². The summed E-state index contributed by atoms with van der Waals surface area (Å²) in [6, 6.07) is 14.5. The first-order valence-electron chi connectivity index (χ1n) is 10.9. The third kappa shape index (κ3) is 5.19. The number of fused-ring (bicyclic) bond motifs is 1. The summed E-state index contributed by atoms with van der Waals surface area (Å²) in [5.74, 6) is 0.355. The number of nitrogens with one attached hydrogen (secondary N) is 1. The van der Waals surface area contributed by atoms with Gasteiger partial charge in [0.25, 0.3) is 11.5 Å². The Morgan fingerprint density at radius 2 is 1.88 bits per heavy atom. The van der Waals surface area contributed by atoms with Gasteiger partial charge < -0.3 is 19.4 Å². The zero-order chi connectivity index (χ0) is 22.9. The van der Waals surface area contributed by atoms with Gasteiger partial charge in [-0.1, -0.05) is 57.0 Å². The molecule has 0 aliphatic heterocycles. The van der Waals surface area contributed by atoms with Crippen molar-refractivity contribution in [3.05, 3.63) is 77.1 Å². The van der Waals surface area contributed by atoms with Gasteiger partial charge in [0.1, 0.15) is 6.61 Å². The Hall–Kier alpha value is -3.54. The molecular formula is C26H30N2O4. The number of anilines is 1. The average molecular weight is 435 g/mol. The molecule has 0 aliphatic carbocycles. The second kappa shape index (κ2) is 11.2. The van der Waals surface area contributed by atoms with Crippen molar-refractivity contribution in [2.75, 3.05) is 19.0 Å². The molecule has 1 N–H and O–H groups in total. The molecule has 0 fully saturated rings. The predicted molar refractivity (Wildman–Crippen MR) is 129 cm³/mol. The lowest BCUT2D eigenvalue weighted by atomic mass is 10.1. The lowest BCUT2D eigenvalue weighted by Gasteiger charge is -2.18. The average Bonchev–Trinajstić information content (AvgIpc) is 2.82. The third-order valence-corrected chi connectivity index (χ3v) is 5.26. The molecule has 1 heterocycles. The molecule has 32 heavy (non-hydrogen) atoms. The van der Waals surface area contributed by atoms with E-state index in [2.05, 4.69) is 18.8 Å². The Morgan fingerprint density at radius 1 is 1.09 bits per heavy atom. The quantitative estimate of drug-likeness (QED) is 0.324. The molecule has 1 amide bonds. The van der Waals surface area contributed by atoms with Crippen LogP contribution in [-0.4, -0.2) is 24.2 Å². The second-order valence-corrected chi connectivity index (χ2v) is 7.53. The highest BCUT2D eigenvalue weighted by molar-refractivity contribution is 6.05. The van der Waals surface area contributed by atoms with E-state index in [-0.39, 0.29) is 23.8 Å². The molecule has 3 aromatic rings. The van der Waals surface area contributed by atoms with Gasteiger partial charge in [-0.3, -0.25) is 9.59 Å². The minimum absolute atomic E-state index is 0.177. The van der Waals surface area contributed by atoms with E-state index in [9.17, 15) is 9.59 Å². The van der Waals surface area contributed by atoms with Gasteiger partial charge in [-0.15, -0.1) is 0 Å². The van der Waals surface area contributed by atoms with Crippen molar-refractivity contribution in [3.63, 3.8) is 0 Å². The first-order valence-corrected chi connectivity index (χ1v) is 10.9. The Labute approximate surface area is 188 Å². The van der Waals surface area contributed by atoms with Gasteiger partial charge in [0, 0.05) is 23.2 Å². The van der Waals surface area contributed by atoms with Crippen molar-refractivity contribution < 1.29 is 14.3 Å². The maximum absolute atomic E-state index is 13.3. The number of hydrogen-bond donors (Lipinski definition) is 1. The van der Waals surface area contributed by atoms with Crippen molar-refractivity contribution in [2.24, 2.45) is 0 Å². The number of benzene rings is 2. The van der Waals surface area contributed by atoms with Gasteiger partial charge >= 0.3 is 0 Å². The van der Waals surface area contributed by atoms with Crippen LogP contribution in [0, 0.1) is 0 Å². The van der Waals surface area contributed by atoms with Gasteiger partial charge in [-0.2, -0.15) is 0 Å². The van der Waals surface area contributed by atoms with Gasteiger partial charge in [0.2, 0.25) is 5.75 Å². The molecule has 0 spiro atoms. The summed E-state index contributed by atoms with van der Waals surface area (Å²) in [6.45, 7) is 6.58. The topological polar surface area (TPSA) is 69.6 Å². The predicted octanol–water partition coefficient (Wildman–Crippen LogP) is 5.41. The normalized spacial score (nSPS) is 10.7. The SMILES string of the molecule is C=CCOc1c(OC)c2ccc(NC(=O)c3ccccc3)cc2n(CCCCCC)c1=O. The van der Waals surface area contributed by atoms with E-state index in [4.69, 9.17) is 9.47 Å². The van der Waals surface area contributed by atoms with Crippen LogP contribution in [-0.2, 0) is 6.54 Å². The standard InChI is InChI=1S/C26H30N2O4/c1-4-6-7-11-16-28-22-18-20(27-25(29)19-12-9-8-10-13-19)14-15-21(22)23(31-3)24(26(28)30)32-17-5-2/h5,8-10,12-15,18H,2,4,6-7,11,16-17H2,1,3H3,(H,27,29). The Morgan fingerprint density at radius 3 is 2.56 bits per heavy atom. The van der Waals surface area contributed by atoms with Gasteiger partial charge in [0.05, 0.1) is 12.6 Å². The lowest BCUT2D eigenvalue weighted by molar-refractivity contribution is 0.102. The number of aromatic nitrogens is 1. The van der Waals surface area contributed by atoms with Crippen molar-refractivity contribution in [1.29, 1.82) is 0 Å². The molecular weight excluding hydrogens is 404 g/mol. The van der Waals surface area contributed by atoms with Crippen LogP contribution < -0.4 is 20.3 Å². The zero-order valence-corrected chi connectivity index (χ0v) is 18.7. The number of pyridine rings is 1. The highest BCUT2D eigenvalue weighted by atomic mass is 16.5. The molecule has 0 aliphatic rings. The van der Waals surface area contributed by atoms with Gasteiger partial charge in [0.15, 0.2) is 5.75 Å². The number of nitrogens with zero attached hydrogens (tertiary/aromatic N) is 1. The first kappa shape index (κ1) is 23.1. The van der Waals surface area contributed by atoms with E-state index < -0.39 is 0 Å². The maximum atomic E-state index is 13.3. The number of carbonyl (C=O) groups is 1. The van der Waals surface area contributed by atoms with Crippen LogP contribution in [0.4, 0.5) is 5.69 Å². The Kier molecular flexibility index (Phi) is 8.08. The highest BCUT2D eigenvalue weighted by Gasteiger charge is 2.19. The molecule has 3 rings (SSSR count). The van der Waals surface area contributed by atoms with Crippen LogP contribution in [0.3, 0.4) is 0 Å². The lowest BCUT2D eigenvalue weighted by Crippen LogP contribution is -2.24. The molecule has 0 radical (unpaired) electrons. The number of rotatable bonds is 11. The van der Waals surface area contributed by atoms with Crippen molar-refractivity contribution in [2.45, 2.75) is 39.2 Å². The summed E-state index contributed by atoms with van der Waals surface area (Å²) >= 11 is 0. The molecule has 0 bridgehead atoms. The van der Waals surface area contributed by atoms with Gasteiger partial charge in [-0.05, 0) is 36.8 Å². The molecule has 0 saturated carbocycles. The minimum Gasteiger partial charge on any atom is -0.492 e. The van der Waals surface area contributed by atoms with E-state index >= 15 is 0 Å². The number of aryl methyl sites for hydroxylation is 1. The summed E-state index contributed by atoms with van der Waals surface area (Å²) in [4.78, 5) is 25.9. The number of methoxy groups -OCH3 is 1. The van der Waals surface area contributed by atoms with Gasteiger partial charge in [-0.25, -0.2) is 0 Å². The van der Waals surface area contributed by atoms with Crippen LogP contribution >= 0.6 is 0 Å². The van der Waals surface area contributed by atoms with E-state index in [1.807, 2.05) is 30.3 Å². The Bertz CT molecular complexity index is 1140. The largest absolute Gasteiger partial charge is 0.492 e. The van der Waals surface area contributed by atoms with E-state index in [1.165, 1.54) is 7.11 Å². The highest BCUT2D eigenvalue weighted by Crippen LogP contribution is 2.34. The first-order chi connectivity index (χ1) is 15.6. The molecule has 168 valence electrons. The summed E-state index contributed by atoms with van der Waals surface area (Å²) in [5.41, 5.74) is 1.62. The summed E-state index contributed by atoms with van der Waals surface area (Å²) in [7, 11) is 1.52. The maximum Gasteiger partial charge on any atom is 0.297 e. The number of amides is 1. The molecule has 0 saturated heterocycles. The number of ether oxygens (including phenoxy) is 2. The molecule has 0 atom stereocenters. The fourth-order valence-corrected chi connectivity index (χ4v) is 3.66. The van der Waals surface area contributed by atoms with Crippen molar-refractivity contribution in [1.82, 2.24) is 4.57 Å². The molecule has 1 aromatic heterocycles. The van der Waals surface area contributed by atoms with Crippen LogP contribution in [0.2, 0.25) is 0 Å². The minimum atomic E-state index is -0.251. The third-order valence-electron chi connectivity index (χ3n) is 5.26. The summed E-state index contributed by atoms with van der Waals surface area (Å²) < 4.78 is 13.0. The number of hydrogen-bond acceptors (Lipinski definition) is 4. The van der Waals surface area contributed by atoms with E-state index in [1.54, 1.807) is 28.8 Å². The second-order valence-electron chi connectivity index (χ2n) is 7.53. The smallest absolute Gasteiger partial charge is 0.297 e. The number of unbranched alkanes of at least 4 members (excludes halogenated alkanes) is 3. The zero-order valence-electron chi connectivity index (χ0n) is 18.7. The van der Waals surface area contributed by atoms with Crippen LogP contribution in [0.25, 0.3) is 10.9 Å². The number of carbonyl (C=O) groups excluding carboxylic acids is 1. The summed E-state index contributed by atoms with van der Waals surface area (Å²) in [6.07, 6.45) is 5.72. The van der Waals surface area contributed by atoms with E-state index in [0.717, 1.165) is 31.1 Å². The molecule has 6 nitrogen and oxygen atoms in total.